The second-order valence-corrected chi connectivity index (χ2v) is 6.26. The predicted molar refractivity (Wildman–Crippen MR) is 84.5 cm³/mol. The molecule has 0 fully saturated rings. The fourth-order valence-electron chi connectivity index (χ4n) is 2.51. The second-order valence-electron chi connectivity index (χ2n) is 5.26. The number of fused-ring (bicyclic) bond motifs is 1. The molecular weight excluding hydrogens is 298 g/mol. The molecule has 0 atom stereocenters. The summed E-state index contributed by atoms with van der Waals surface area (Å²) in [6.07, 6.45) is 1.08. The number of carbonyl (C=O) groups is 2. The molecule has 1 aromatic carbocycles. The third-order valence-corrected chi connectivity index (χ3v) is 4.73. The van der Waals surface area contributed by atoms with Crippen LogP contribution in [0.2, 0.25) is 0 Å². The van der Waals surface area contributed by atoms with Gasteiger partial charge in [0.15, 0.2) is 6.61 Å². The van der Waals surface area contributed by atoms with Gasteiger partial charge in [0.05, 0.1) is 6.42 Å². The van der Waals surface area contributed by atoms with E-state index < -0.39 is 0 Å². The van der Waals surface area contributed by atoms with E-state index in [1.54, 1.807) is 16.2 Å². The molecule has 3 rings (SSSR count). The standard InChI is InChI=1S/C17H17NO3S/c19-16(18-8-6-15-14(11-18)7-9-22-15)12-21-17(20)10-13-4-2-1-3-5-13/h1-5,7,9H,6,8,10-12H2. The molecule has 0 unspecified atom stereocenters. The Morgan fingerprint density at radius 2 is 2.00 bits per heavy atom. The Morgan fingerprint density at radius 1 is 1.18 bits per heavy atom. The van der Waals surface area contributed by atoms with Crippen molar-refractivity contribution in [3.63, 3.8) is 0 Å². The zero-order chi connectivity index (χ0) is 15.4. The number of thiophene rings is 1. The zero-order valence-electron chi connectivity index (χ0n) is 12.2. The molecule has 0 aliphatic carbocycles. The van der Waals surface area contributed by atoms with Crippen LogP contribution in [0.4, 0.5) is 0 Å². The van der Waals surface area contributed by atoms with Gasteiger partial charge in [0.25, 0.3) is 5.91 Å². The topological polar surface area (TPSA) is 46.6 Å². The highest BCUT2D eigenvalue weighted by molar-refractivity contribution is 7.10. The van der Waals surface area contributed by atoms with Gasteiger partial charge in [-0.1, -0.05) is 30.3 Å². The van der Waals surface area contributed by atoms with Crippen molar-refractivity contribution in [1.29, 1.82) is 0 Å². The lowest BCUT2D eigenvalue weighted by Crippen LogP contribution is -2.38. The highest BCUT2D eigenvalue weighted by Crippen LogP contribution is 2.23. The lowest BCUT2D eigenvalue weighted by atomic mass is 10.1. The summed E-state index contributed by atoms with van der Waals surface area (Å²) in [5.41, 5.74) is 2.10. The van der Waals surface area contributed by atoms with Gasteiger partial charge in [-0.25, -0.2) is 0 Å². The van der Waals surface area contributed by atoms with Crippen molar-refractivity contribution >= 4 is 23.2 Å². The van der Waals surface area contributed by atoms with E-state index >= 15 is 0 Å². The third-order valence-electron chi connectivity index (χ3n) is 3.71. The van der Waals surface area contributed by atoms with E-state index in [0.29, 0.717) is 13.1 Å². The molecule has 0 bridgehead atoms. The van der Waals surface area contributed by atoms with Gasteiger partial charge in [-0.15, -0.1) is 11.3 Å². The Labute approximate surface area is 133 Å². The summed E-state index contributed by atoms with van der Waals surface area (Å²) >= 11 is 1.74. The van der Waals surface area contributed by atoms with Crippen molar-refractivity contribution < 1.29 is 14.3 Å². The normalized spacial score (nSPS) is 13.5. The maximum atomic E-state index is 12.1. The lowest BCUT2D eigenvalue weighted by molar-refractivity contribution is -0.151. The minimum atomic E-state index is -0.368. The minimum Gasteiger partial charge on any atom is -0.455 e. The van der Waals surface area contributed by atoms with Crippen LogP contribution in [0.25, 0.3) is 0 Å². The second kappa shape index (κ2) is 6.75. The molecule has 114 valence electrons. The molecule has 0 spiro atoms. The van der Waals surface area contributed by atoms with Gasteiger partial charge >= 0.3 is 5.97 Å². The first kappa shape index (κ1) is 14.8. The molecule has 2 aromatic rings. The van der Waals surface area contributed by atoms with Crippen molar-refractivity contribution in [2.24, 2.45) is 0 Å². The summed E-state index contributed by atoms with van der Waals surface area (Å²) in [5.74, 6) is -0.494. The molecule has 0 saturated carbocycles. The molecule has 1 amide bonds. The van der Waals surface area contributed by atoms with Gasteiger partial charge < -0.3 is 9.64 Å². The van der Waals surface area contributed by atoms with Gasteiger partial charge in [0, 0.05) is 18.0 Å². The maximum absolute atomic E-state index is 12.1. The molecule has 5 heteroatoms. The summed E-state index contributed by atoms with van der Waals surface area (Å²) < 4.78 is 5.10. The summed E-state index contributed by atoms with van der Waals surface area (Å²) in [6.45, 7) is 1.14. The van der Waals surface area contributed by atoms with Crippen molar-refractivity contribution in [2.45, 2.75) is 19.4 Å². The quantitative estimate of drug-likeness (QED) is 0.814. The minimum absolute atomic E-state index is 0.127. The van der Waals surface area contributed by atoms with Crippen LogP contribution in [0.3, 0.4) is 0 Å². The van der Waals surface area contributed by atoms with E-state index in [1.807, 2.05) is 30.3 Å². The number of rotatable bonds is 4. The fraction of sp³-hybridized carbons (Fsp3) is 0.294. The molecule has 4 nitrogen and oxygen atoms in total. The summed E-state index contributed by atoms with van der Waals surface area (Å²) in [5, 5.41) is 2.05. The Balaban J connectivity index is 1.47. The van der Waals surface area contributed by atoms with Crippen molar-refractivity contribution in [3.05, 3.63) is 57.8 Å². The lowest BCUT2D eigenvalue weighted by Gasteiger charge is -2.26. The van der Waals surface area contributed by atoms with Crippen LogP contribution in [0, 0.1) is 0 Å². The monoisotopic (exact) mass is 315 g/mol. The average Bonchev–Trinajstić information content (AvgIpc) is 3.01. The first-order valence-corrected chi connectivity index (χ1v) is 8.13. The van der Waals surface area contributed by atoms with E-state index in [9.17, 15) is 9.59 Å². The van der Waals surface area contributed by atoms with E-state index in [1.165, 1.54) is 10.4 Å². The van der Waals surface area contributed by atoms with Crippen LogP contribution in [0.5, 0.6) is 0 Å². The molecule has 0 saturated heterocycles. The van der Waals surface area contributed by atoms with Gasteiger partial charge in [-0.2, -0.15) is 0 Å². The average molecular weight is 315 g/mol. The molecule has 1 aliphatic heterocycles. The number of ether oxygens (including phenoxy) is 1. The Bertz CT molecular complexity index is 666. The number of hydrogen-bond donors (Lipinski definition) is 0. The van der Waals surface area contributed by atoms with Crippen LogP contribution in [0.1, 0.15) is 16.0 Å². The van der Waals surface area contributed by atoms with E-state index in [-0.39, 0.29) is 24.9 Å². The van der Waals surface area contributed by atoms with E-state index in [2.05, 4.69) is 11.4 Å². The van der Waals surface area contributed by atoms with Gasteiger partial charge in [-0.3, -0.25) is 9.59 Å². The summed E-state index contributed by atoms with van der Waals surface area (Å²) in [6, 6.07) is 11.4. The predicted octanol–water partition coefficient (Wildman–Crippen LogP) is 2.42. The zero-order valence-corrected chi connectivity index (χ0v) is 13.0. The summed E-state index contributed by atoms with van der Waals surface area (Å²) in [7, 11) is 0. The Kier molecular flexibility index (Phi) is 4.53. The van der Waals surface area contributed by atoms with Crippen molar-refractivity contribution in [3.8, 4) is 0 Å². The van der Waals surface area contributed by atoms with Crippen LogP contribution < -0.4 is 0 Å². The Hall–Kier alpha value is -2.14. The SMILES string of the molecule is O=C(Cc1ccccc1)OCC(=O)N1CCc2sccc2C1. The number of carbonyl (C=O) groups excluding carboxylic acids is 2. The molecule has 0 radical (unpaired) electrons. The van der Waals surface area contributed by atoms with Crippen molar-refractivity contribution in [1.82, 2.24) is 4.90 Å². The largest absolute Gasteiger partial charge is 0.455 e. The number of amides is 1. The molecule has 1 aliphatic rings. The first-order chi connectivity index (χ1) is 10.7. The number of hydrogen-bond acceptors (Lipinski definition) is 4. The van der Waals surface area contributed by atoms with Crippen molar-refractivity contribution in [2.75, 3.05) is 13.2 Å². The summed E-state index contributed by atoms with van der Waals surface area (Å²) in [4.78, 5) is 27.0. The van der Waals surface area contributed by atoms with Crippen LogP contribution in [-0.2, 0) is 33.7 Å². The maximum Gasteiger partial charge on any atom is 0.310 e. The fourth-order valence-corrected chi connectivity index (χ4v) is 3.40. The van der Waals surface area contributed by atoms with Crippen LogP contribution in [0.15, 0.2) is 41.8 Å². The van der Waals surface area contributed by atoms with Crippen LogP contribution in [-0.4, -0.2) is 29.9 Å². The molecular formula is C17H17NO3S. The third kappa shape index (κ3) is 3.54. The number of esters is 1. The smallest absolute Gasteiger partial charge is 0.310 e. The van der Waals surface area contributed by atoms with Crippen LogP contribution >= 0.6 is 11.3 Å². The molecule has 1 aromatic heterocycles. The molecule has 2 heterocycles. The van der Waals surface area contributed by atoms with Gasteiger partial charge in [0.1, 0.15) is 0 Å². The highest BCUT2D eigenvalue weighted by Gasteiger charge is 2.22. The van der Waals surface area contributed by atoms with E-state index in [0.717, 1.165) is 12.0 Å². The van der Waals surface area contributed by atoms with Gasteiger partial charge in [-0.05, 0) is 29.0 Å². The number of benzene rings is 1. The van der Waals surface area contributed by atoms with Gasteiger partial charge in [0.2, 0.25) is 0 Å². The molecule has 22 heavy (non-hydrogen) atoms. The highest BCUT2D eigenvalue weighted by atomic mass is 32.1. The van der Waals surface area contributed by atoms with E-state index in [4.69, 9.17) is 4.74 Å². The number of nitrogens with zero attached hydrogens (tertiary/aromatic N) is 1. The first-order valence-electron chi connectivity index (χ1n) is 7.25. The molecule has 0 N–H and O–H groups in total. The Morgan fingerprint density at radius 3 is 2.82 bits per heavy atom.